The number of carbonyl (C=O) groups is 1. The van der Waals surface area contributed by atoms with Crippen LogP contribution in [0.4, 0.5) is 0 Å². The molecule has 0 aromatic carbocycles. The third-order valence-corrected chi connectivity index (χ3v) is 4.41. The van der Waals surface area contributed by atoms with Crippen molar-refractivity contribution in [1.29, 1.82) is 0 Å². The summed E-state index contributed by atoms with van der Waals surface area (Å²) in [4.78, 5) is 14.5. The zero-order valence-corrected chi connectivity index (χ0v) is 11.6. The highest BCUT2D eigenvalue weighted by molar-refractivity contribution is 5.79. The maximum Gasteiger partial charge on any atom is 0.225 e. The van der Waals surface area contributed by atoms with E-state index in [0.717, 1.165) is 45.3 Å². The van der Waals surface area contributed by atoms with Gasteiger partial charge >= 0.3 is 0 Å². The molecule has 1 saturated carbocycles. The quantitative estimate of drug-likeness (QED) is 0.810. The summed E-state index contributed by atoms with van der Waals surface area (Å²) in [7, 11) is 1.95. The Kier molecular flexibility index (Phi) is 4.62. The van der Waals surface area contributed by atoms with Crippen LogP contribution in [0, 0.1) is 11.8 Å². The zero-order chi connectivity index (χ0) is 13.1. The Balaban J connectivity index is 1.92. The van der Waals surface area contributed by atoms with E-state index < -0.39 is 0 Å². The Hall–Kier alpha value is -0.610. The second kappa shape index (κ2) is 6.02. The maximum absolute atomic E-state index is 12.5. The van der Waals surface area contributed by atoms with Gasteiger partial charge in [-0.3, -0.25) is 4.79 Å². The molecule has 4 heteroatoms. The molecule has 1 aliphatic carbocycles. The summed E-state index contributed by atoms with van der Waals surface area (Å²) in [6.07, 6.45) is 4.86. The van der Waals surface area contributed by atoms with E-state index in [9.17, 15) is 4.79 Å². The van der Waals surface area contributed by atoms with Gasteiger partial charge in [-0.1, -0.05) is 6.92 Å². The van der Waals surface area contributed by atoms with Gasteiger partial charge in [-0.25, -0.2) is 0 Å². The minimum atomic E-state index is 0.136. The Bertz CT molecular complexity index is 280. The van der Waals surface area contributed by atoms with Crippen molar-refractivity contribution in [3.05, 3.63) is 0 Å². The molecular formula is C14H26N2O2. The maximum atomic E-state index is 12.5. The number of hydrogen-bond acceptors (Lipinski definition) is 3. The monoisotopic (exact) mass is 254 g/mol. The Morgan fingerprint density at radius 1 is 1.22 bits per heavy atom. The lowest BCUT2D eigenvalue weighted by atomic mass is 9.79. The van der Waals surface area contributed by atoms with Gasteiger partial charge in [0.25, 0.3) is 0 Å². The molecule has 4 nitrogen and oxygen atoms in total. The van der Waals surface area contributed by atoms with Gasteiger partial charge in [0.2, 0.25) is 5.91 Å². The third-order valence-electron chi connectivity index (χ3n) is 4.41. The summed E-state index contributed by atoms with van der Waals surface area (Å²) in [5.41, 5.74) is 6.04. The van der Waals surface area contributed by atoms with E-state index in [1.807, 2.05) is 11.9 Å². The van der Waals surface area contributed by atoms with Crippen molar-refractivity contribution in [3.63, 3.8) is 0 Å². The van der Waals surface area contributed by atoms with Crippen molar-refractivity contribution in [2.75, 3.05) is 20.3 Å². The molecule has 0 spiro atoms. The van der Waals surface area contributed by atoms with E-state index >= 15 is 0 Å². The molecule has 3 atom stereocenters. The summed E-state index contributed by atoms with van der Waals surface area (Å²) >= 11 is 0. The van der Waals surface area contributed by atoms with Crippen LogP contribution in [0.2, 0.25) is 0 Å². The van der Waals surface area contributed by atoms with E-state index in [2.05, 4.69) is 6.92 Å². The highest BCUT2D eigenvalue weighted by Gasteiger charge is 2.33. The van der Waals surface area contributed by atoms with Crippen LogP contribution < -0.4 is 5.73 Å². The van der Waals surface area contributed by atoms with Crippen molar-refractivity contribution in [3.8, 4) is 0 Å². The van der Waals surface area contributed by atoms with Crippen LogP contribution in [0.1, 0.15) is 39.0 Å². The number of hydrogen-bond donors (Lipinski definition) is 1. The topological polar surface area (TPSA) is 55.6 Å². The summed E-state index contributed by atoms with van der Waals surface area (Å²) in [5.74, 6) is 1.01. The second-order valence-electron chi connectivity index (χ2n) is 6.06. The van der Waals surface area contributed by atoms with Crippen LogP contribution in [-0.2, 0) is 9.53 Å². The molecule has 0 aromatic rings. The van der Waals surface area contributed by atoms with Crippen LogP contribution in [-0.4, -0.2) is 43.2 Å². The van der Waals surface area contributed by atoms with Crippen molar-refractivity contribution >= 4 is 5.91 Å². The highest BCUT2D eigenvalue weighted by atomic mass is 16.5. The van der Waals surface area contributed by atoms with Crippen LogP contribution in [0.5, 0.6) is 0 Å². The molecule has 1 heterocycles. The molecule has 2 rings (SSSR count). The number of amides is 1. The van der Waals surface area contributed by atoms with Crippen LogP contribution in [0.25, 0.3) is 0 Å². The second-order valence-corrected chi connectivity index (χ2v) is 6.06. The predicted molar refractivity (Wildman–Crippen MR) is 71.1 cm³/mol. The number of carbonyl (C=O) groups excluding carboxylic acids is 1. The Morgan fingerprint density at radius 2 is 1.89 bits per heavy atom. The third kappa shape index (κ3) is 3.23. The minimum absolute atomic E-state index is 0.136. The van der Waals surface area contributed by atoms with Crippen molar-refractivity contribution in [2.45, 2.75) is 51.1 Å². The average molecular weight is 254 g/mol. The van der Waals surface area contributed by atoms with E-state index in [0.29, 0.717) is 17.9 Å². The molecule has 3 unspecified atom stereocenters. The molecular weight excluding hydrogens is 228 g/mol. The molecule has 1 aliphatic heterocycles. The van der Waals surface area contributed by atoms with Crippen LogP contribution >= 0.6 is 0 Å². The molecule has 0 radical (unpaired) electrons. The number of rotatable bonds is 2. The largest absolute Gasteiger partial charge is 0.381 e. The smallest absolute Gasteiger partial charge is 0.225 e. The lowest BCUT2D eigenvalue weighted by Gasteiger charge is -2.37. The lowest BCUT2D eigenvalue weighted by molar-refractivity contribution is -0.139. The van der Waals surface area contributed by atoms with Crippen molar-refractivity contribution < 1.29 is 9.53 Å². The van der Waals surface area contributed by atoms with Gasteiger partial charge < -0.3 is 15.4 Å². The fraction of sp³-hybridized carbons (Fsp3) is 0.929. The minimum Gasteiger partial charge on any atom is -0.381 e. The average Bonchev–Trinajstić information content (AvgIpc) is 2.37. The predicted octanol–water partition coefficient (Wildman–Crippen LogP) is 1.39. The van der Waals surface area contributed by atoms with Gasteiger partial charge in [-0.15, -0.1) is 0 Å². The molecule has 1 amide bonds. The molecule has 2 N–H and O–H groups in total. The first-order chi connectivity index (χ1) is 8.58. The number of ether oxygens (including phenoxy) is 1. The SMILES string of the molecule is CC1CC(N)CC(C(=O)N(C)C2CCOCC2)C1. The first kappa shape index (κ1) is 13.8. The van der Waals surface area contributed by atoms with Gasteiger partial charge in [0.05, 0.1) is 0 Å². The van der Waals surface area contributed by atoms with E-state index in [1.54, 1.807) is 0 Å². The van der Waals surface area contributed by atoms with E-state index in [-0.39, 0.29) is 12.0 Å². The lowest BCUT2D eigenvalue weighted by Crippen LogP contribution is -2.46. The Morgan fingerprint density at radius 3 is 2.50 bits per heavy atom. The summed E-state index contributed by atoms with van der Waals surface area (Å²) < 4.78 is 5.35. The van der Waals surface area contributed by atoms with Gasteiger partial charge in [0.1, 0.15) is 0 Å². The zero-order valence-electron chi connectivity index (χ0n) is 11.6. The molecule has 18 heavy (non-hydrogen) atoms. The highest BCUT2D eigenvalue weighted by Crippen LogP contribution is 2.30. The molecule has 0 aromatic heterocycles. The fourth-order valence-electron chi connectivity index (χ4n) is 3.40. The number of nitrogens with zero attached hydrogens (tertiary/aromatic N) is 1. The first-order valence-electron chi connectivity index (χ1n) is 7.18. The van der Waals surface area contributed by atoms with Crippen molar-refractivity contribution in [1.82, 2.24) is 4.90 Å². The Labute approximate surface area is 110 Å². The molecule has 2 fully saturated rings. The molecule has 2 aliphatic rings. The molecule has 0 bridgehead atoms. The molecule has 1 saturated heterocycles. The van der Waals surface area contributed by atoms with Crippen LogP contribution in [0.3, 0.4) is 0 Å². The number of nitrogens with two attached hydrogens (primary N) is 1. The fourth-order valence-corrected chi connectivity index (χ4v) is 3.40. The van der Waals surface area contributed by atoms with Gasteiger partial charge in [0.15, 0.2) is 0 Å². The summed E-state index contributed by atoms with van der Waals surface area (Å²) in [5, 5.41) is 0. The standard InChI is InChI=1S/C14H26N2O2/c1-10-7-11(9-12(15)8-10)14(17)16(2)13-3-5-18-6-4-13/h10-13H,3-9,15H2,1-2H3. The van der Waals surface area contributed by atoms with Gasteiger partial charge in [-0.05, 0) is 38.0 Å². The van der Waals surface area contributed by atoms with Crippen LogP contribution in [0.15, 0.2) is 0 Å². The van der Waals surface area contributed by atoms with Crippen molar-refractivity contribution in [2.24, 2.45) is 17.6 Å². The summed E-state index contributed by atoms with van der Waals surface area (Å²) in [6.45, 7) is 3.76. The normalized spacial score (nSPS) is 34.3. The van der Waals surface area contributed by atoms with Gasteiger partial charge in [0, 0.05) is 38.3 Å². The van der Waals surface area contributed by atoms with Gasteiger partial charge in [-0.2, -0.15) is 0 Å². The van der Waals surface area contributed by atoms with E-state index in [4.69, 9.17) is 10.5 Å². The first-order valence-corrected chi connectivity index (χ1v) is 7.18. The van der Waals surface area contributed by atoms with E-state index in [1.165, 1.54) is 0 Å². The molecule has 104 valence electrons. The summed E-state index contributed by atoms with van der Waals surface area (Å²) in [6, 6.07) is 0.561.